The lowest BCUT2D eigenvalue weighted by molar-refractivity contribution is -0.384. The Balaban J connectivity index is 1.48. The number of hydrogen-bond donors (Lipinski definition) is 0. The van der Waals surface area contributed by atoms with E-state index in [9.17, 15) is 14.9 Å². The summed E-state index contributed by atoms with van der Waals surface area (Å²) in [4.78, 5) is 31.2. The highest BCUT2D eigenvalue weighted by atomic mass is 127. The number of amidine groups is 1. The maximum atomic E-state index is 13.9. The van der Waals surface area contributed by atoms with Gasteiger partial charge in [-0.25, -0.2) is 4.99 Å². The number of ether oxygens (including phenoxy) is 2. The number of nitro benzene ring substituents is 1. The number of carbonyl (C=O) groups is 1. The maximum absolute atomic E-state index is 13.9. The zero-order valence-corrected chi connectivity index (χ0v) is 28.8. The Labute approximate surface area is 288 Å². The number of thioether (sulfide) groups is 1. The molecule has 1 aliphatic heterocycles. The highest BCUT2D eigenvalue weighted by Crippen LogP contribution is 2.41. The van der Waals surface area contributed by atoms with Crippen LogP contribution in [0.5, 0.6) is 11.5 Å². The second kappa shape index (κ2) is 14.2. The van der Waals surface area contributed by atoms with Gasteiger partial charge in [0.15, 0.2) is 16.7 Å². The van der Waals surface area contributed by atoms with Crippen LogP contribution in [0.15, 0.2) is 82.7 Å². The first-order valence-electron chi connectivity index (χ1n) is 13.7. The molecule has 0 saturated carbocycles. The minimum atomic E-state index is -0.441. The van der Waals surface area contributed by atoms with Crippen molar-refractivity contribution in [1.29, 1.82) is 0 Å². The fraction of sp³-hybridized carbons (Fsp3) is 0.152. The largest absolute Gasteiger partial charge is 0.490 e. The zero-order chi connectivity index (χ0) is 32.2. The van der Waals surface area contributed by atoms with Gasteiger partial charge in [-0.05, 0) is 132 Å². The van der Waals surface area contributed by atoms with E-state index in [1.807, 2.05) is 57.2 Å². The SMILES string of the molecule is CCOc1cc(/C=C2/SC(=Nc3ccc(C)c(Cl)c3)N(c3ccc(C)c(Cl)c3)C2=O)cc(I)c1OCc1ccc([N+](=O)[O-])cc1. The molecule has 0 N–H and O–H groups in total. The molecule has 0 aliphatic carbocycles. The average Bonchev–Trinajstić information content (AvgIpc) is 3.30. The molecule has 1 saturated heterocycles. The summed E-state index contributed by atoms with van der Waals surface area (Å²) in [6.45, 7) is 6.28. The van der Waals surface area contributed by atoms with Gasteiger partial charge in [-0.1, -0.05) is 35.3 Å². The predicted octanol–water partition coefficient (Wildman–Crippen LogP) is 9.91. The number of aryl methyl sites for hydroxylation is 2. The normalized spacial score (nSPS) is 14.8. The van der Waals surface area contributed by atoms with Crippen molar-refractivity contribution >= 4 is 91.8 Å². The second-order valence-electron chi connectivity index (χ2n) is 9.99. The number of amides is 1. The summed E-state index contributed by atoms with van der Waals surface area (Å²) < 4.78 is 12.8. The van der Waals surface area contributed by atoms with Crippen LogP contribution in [0.2, 0.25) is 10.0 Å². The van der Waals surface area contributed by atoms with E-state index in [-0.39, 0.29) is 18.2 Å². The molecule has 4 aromatic carbocycles. The molecular formula is C33H26Cl2IN3O5S. The fourth-order valence-electron chi connectivity index (χ4n) is 4.35. The molecule has 0 spiro atoms. The number of anilines is 1. The van der Waals surface area contributed by atoms with Crippen molar-refractivity contribution in [3.63, 3.8) is 0 Å². The molecule has 1 heterocycles. The van der Waals surface area contributed by atoms with Gasteiger partial charge in [0, 0.05) is 22.2 Å². The van der Waals surface area contributed by atoms with Gasteiger partial charge >= 0.3 is 0 Å². The third kappa shape index (κ3) is 7.63. The van der Waals surface area contributed by atoms with Gasteiger partial charge in [-0.15, -0.1) is 0 Å². The molecular weight excluding hydrogens is 748 g/mol. The van der Waals surface area contributed by atoms with E-state index in [0.29, 0.717) is 49.6 Å². The topological polar surface area (TPSA) is 94.3 Å². The summed E-state index contributed by atoms with van der Waals surface area (Å²) in [6, 6.07) is 20.9. The lowest BCUT2D eigenvalue weighted by Gasteiger charge is -2.17. The number of aliphatic imine (C=N–C) groups is 1. The number of nitro groups is 1. The summed E-state index contributed by atoms with van der Waals surface area (Å²) in [5.74, 6) is 0.806. The van der Waals surface area contributed by atoms with Gasteiger partial charge in [0.1, 0.15) is 6.61 Å². The summed E-state index contributed by atoms with van der Waals surface area (Å²) in [5, 5.41) is 12.6. The zero-order valence-electron chi connectivity index (χ0n) is 24.3. The van der Waals surface area contributed by atoms with Crippen LogP contribution in [-0.4, -0.2) is 22.6 Å². The summed E-state index contributed by atoms with van der Waals surface area (Å²) in [6.07, 6.45) is 1.80. The monoisotopic (exact) mass is 773 g/mol. The average molecular weight is 774 g/mol. The van der Waals surface area contributed by atoms with Crippen LogP contribution in [0, 0.1) is 27.5 Å². The van der Waals surface area contributed by atoms with Crippen molar-refractivity contribution in [2.45, 2.75) is 27.4 Å². The summed E-state index contributed by atoms with van der Waals surface area (Å²) in [7, 11) is 0. The van der Waals surface area contributed by atoms with Crippen LogP contribution in [0.3, 0.4) is 0 Å². The molecule has 0 radical (unpaired) electrons. The number of halogens is 3. The Bertz CT molecular complexity index is 1860. The first-order valence-corrected chi connectivity index (χ1v) is 16.4. The minimum absolute atomic E-state index is 0.0139. The van der Waals surface area contributed by atoms with Crippen molar-refractivity contribution in [2.24, 2.45) is 4.99 Å². The van der Waals surface area contributed by atoms with Gasteiger partial charge in [-0.2, -0.15) is 0 Å². The van der Waals surface area contributed by atoms with Crippen molar-refractivity contribution in [1.82, 2.24) is 0 Å². The molecule has 0 atom stereocenters. The van der Waals surface area contributed by atoms with E-state index >= 15 is 0 Å². The van der Waals surface area contributed by atoms with E-state index in [1.54, 1.807) is 35.2 Å². The van der Waals surface area contributed by atoms with E-state index < -0.39 is 4.92 Å². The molecule has 12 heteroatoms. The van der Waals surface area contributed by atoms with Gasteiger partial charge in [0.2, 0.25) is 0 Å². The number of non-ortho nitro benzene ring substituents is 1. The van der Waals surface area contributed by atoms with E-state index in [0.717, 1.165) is 25.8 Å². The van der Waals surface area contributed by atoms with Crippen LogP contribution in [0.1, 0.15) is 29.2 Å². The second-order valence-corrected chi connectivity index (χ2v) is 13.0. The predicted molar refractivity (Wildman–Crippen MR) is 190 cm³/mol. The van der Waals surface area contributed by atoms with Gasteiger partial charge in [-0.3, -0.25) is 19.8 Å². The van der Waals surface area contributed by atoms with E-state index in [1.165, 1.54) is 23.9 Å². The Morgan fingerprint density at radius 2 is 1.67 bits per heavy atom. The van der Waals surface area contributed by atoms with Crippen molar-refractivity contribution < 1.29 is 19.2 Å². The number of carbonyl (C=O) groups excluding carboxylic acids is 1. The molecule has 45 heavy (non-hydrogen) atoms. The molecule has 5 rings (SSSR count). The highest BCUT2D eigenvalue weighted by Gasteiger charge is 2.35. The van der Waals surface area contributed by atoms with Gasteiger partial charge in [0.05, 0.1) is 31.4 Å². The third-order valence-electron chi connectivity index (χ3n) is 6.76. The van der Waals surface area contributed by atoms with Gasteiger partial charge < -0.3 is 9.47 Å². The molecule has 0 bridgehead atoms. The lowest BCUT2D eigenvalue weighted by Crippen LogP contribution is -2.28. The van der Waals surface area contributed by atoms with Crippen molar-refractivity contribution in [3.05, 3.63) is 124 Å². The molecule has 230 valence electrons. The standard InChI is InChI=1S/C33H26Cl2IN3O5S/c1-4-43-29-14-22(13-28(36)31(29)44-18-21-7-11-24(12-8-21)39(41)42)15-30-32(40)38(25-10-6-20(3)27(35)17-25)33(45-30)37-23-9-5-19(2)26(34)16-23/h5-17H,4,18H2,1-3H3/b30-15+,37-33?. The Morgan fingerprint density at radius 3 is 2.31 bits per heavy atom. The minimum Gasteiger partial charge on any atom is -0.490 e. The molecule has 0 unspecified atom stereocenters. The fourth-order valence-corrected chi connectivity index (χ4v) is 6.49. The Morgan fingerprint density at radius 1 is 0.978 bits per heavy atom. The van der Waals surface area contributed by atoms with Crippen LogP contribution in [0.4, 0.5) is 17.1 Å². The maximum Gasteiger partial charge on any atom is 0.271 e. The highest BCUT2D eigenvalue weighted by molar-refractivity contribution is 14.1. The summed E-state index contributed by atoms with van der Waals surface area (Å²) >= 11 is 16.2. The molecule has 0 aromatic heterocycles. The first-order chi connectivity index (χ1) is 21.5. The Kier molecular flexibility index (Phi) is 10.4. The third-order valence-corrected chi connectivity index (χ3v) is 9.34. The molecule has 1 aliphatic rings. The van der Waals surface area contributed by atoms with Crippen LogP contribution in [-0.2, 0) is 11.4 Å². The van der Waals surface area contributed by atoms with E-state index in [4.69, 9.17) is 37.7 Å². The number of rotatable bonds is 9. The number of benzene rings is 4. The van der Waals surface area contributed by atoms with Crippen molar-refractivity contribution in [3.8, 4) is 11.5 Å². The van der Waals surface area contributed by atoms with E-state index in [2.05, 4.69) is 22.6 Å². The van der Waals surface area contributed by atoms with Crippen LogP contribution < -0.4 is 14.4 Å². The number of nitrogens with zero attached hydrogens (tertiary/aromatic N) is 3. The molecule has 1 amide bonds. The first kappa shape index (κ1) is 32.8. The molecule has 4 aromatic rings. The van der Waals surface area contributed by atoms with Crippen LogP contribution >= 0.6 is 57.6 Å². The van der Waals surface area contributed by atoms with Crippen molar-refractivity contribution in [2.75, 3.05) is 11.5 Å². The number of hydrogen-bond acceptors (Lipinski definition) is 7. The molecule has 8 nitrogen and oxygen atoms in total. The Hall–Kier alpha value is -3.58. The smallest absolute Gasteiger partial charge is 0.271 e. The quantitative estimate of drug-likeness (QED) is 0.0728. The lowest BCUT2D eigenvalue weighted by atomic mass is 10.1. The molecule has 1 fully saturated rings. The summed E-state index contributed by atoms with van der Waals surface area (Å²) in [5.41, 5.74) is 4.57. The van der Waals surface area contributed by atoms with Gasteiger partial charge in [0.25, 0.3) is 11.6 Å². The van der Waals surface area contributed by atoms with Crippen LogP contribution in [0.25, 0.3) is 6.08 Å².